The van der Waals surface area contributed by atoms with Gasteiger partial charge in [0.05, 0.1) is 6.20 Å². The Kier molecular flexibility index (Phi) is 5.56. The van der Waals surface area contributed by atoms with E-state index in [0.717, 1.165) is 36.4 Å². The summed E-state index contributed by atoms with van der Waals surface area (Å²) in [4.78, 5) is 8.61. The number of anilines is 1. The minimum absolute atomic E-state index is 0.826. The van der Waals surface area contributed by atoms with E-state index in [1.165, 1.54) is 18.4 Å². The Morgan fingerprint density at radius 1 is 1.21 bits per heavy atom. The van der Waals surface area contributed by atoms with E-state index in [1.807, 2.05) is 35.2 Å². The van der Waals surface area contributed by atoms with Crippen molar-refractivity contribution in [3.8, 4) is 0 Å². The average Bonchev–Trinajstić information content (AvgIpc) is 3.04. The summed E-state index contributed by atoms with van der Waals surface area (Å²) >= 11 is 0. The maximum absolute atomic E-state index is 4.47. The van der Waals surface area contributed by atoms with Crippen LogP contribution in [0.15, 0.2) is 49.1 Å². The molecule has 0 aliphatic heterocycles. The molecule has 0 aliphatic carbocycles. The molecule has 0 unspecified atom stereocenters. The molecule has 3 heterocycles. The number of allylic oxidation sites excluding steroid dienone is 1. The van der Waals surface area contributed by atoms with E-state index >= 15 is 0 Å². The molecule has 0 spiro atoms. The van der Waals surface area contributed by atoms with Gasteiger partial charge < -0.3 is 5.32 Å². The Balaban J connectivity index is 1.68. The van der Waals surface area contributed by atoms with Gasteiger partial charge in [-0.25, -0.2) is 4.98 Å². The highest BCUT2D eigenvalue weighted by molar-refractivity contribution is 5.66. The van der Waals surface area contributed by atoms with Crippen LogP contribution < -0.4 is 5.32 Å². The quantitative estimate of drug-likeness (QED) is 0.638. The fourth-order valence-electron chi connectivity index (χ4n) is 2.57. The van der Waals surface area contributed by atoms with E-state index in [2.05, 4.69) is 45.5 Å². The predicted molar refractivity (Wildman–Crippen MR) is 98.0 cm³/mol. The minimum atomic E-state index is 0.826. The second-order valence-corrected chi connectivity index (χ2v) is 5.75. The molecule has 0 saturated carbocycles. The van der Waals surface area contributed by atoms with Crippen molar-refractivity contribution in [2.75, 3.05) is 11.9 Å². The van der Waals surface area contributed by atoms with Crippen molar-refractivity contribution in [2.45, 2.75) is 32.6 Å². The summed E-state index contributed by atoms with van der Waals surface area (Å²) in [5.74, 6) is 0.956. The largest absolute Gasteiger partial charge is 0.370 e. The highest BCUT2D eigenvalue weighted by atomic mass is 15.3. The number of pyridine rings is 1. The lowest BCUT2D eigenvalue weighted by atomic mass is 10.2. The first kappa shape index (κ1) is 16.2. The van der Waals surface area contributed by atoms with E-state index in [1.54, 1.807) is 6.20 Å². The molecule has 0 fully saturated rings. The summed E-state index contributed by atoms with van der Waals surface area (Å²) in [6, 6.07) is 6.00. The maximum atomic E-state index is 4.47. The van der Waals surface area contributed by atoms with Crippen LogP contribution in [-0.4, -0.2) is 26.1 Å². The van der Waals surface area contributed by atoms with Gasteiger partial charge in [-0.2, -0.15) is 9.61 Å². The van der Waals surface area contributed by atoms with Crippen molar-refractivity contribution in [1.82, 2.24) is 19.6 Å². The molecule has 0 bridgehead atoms. The Morgan fingerprint density at radius 3 is 3.00 bits per heavy atom. The van der Waals surface area contributed by atoms with Crippen LogP contribution >= 0.6 is 0 Å². The smallest absolute Gasteiger partial charge is 0.164 e. The van der Waals surface area contributed by atoms with Crippen LogP contribution in [0.2, 0.25) is 0 Å². The van der Waals surface area contributed by atoms with E-state index in [4.69, 9.17) is 0 Å². The van der Waals surface area contributed by atoms with Gasteiger partial charge in [0.15, 0.2) is 5.65 Å². The molecule has 0 amide bonds. The highest BCUT2D eigenvalue weighted by Crippen LogP contribution is 2.15. The summed E-state index contributed by atoms with van der Waals surface area (Å²) in [7, 11) is 0. The van der Waals surface area contributed by atoms with Gasteiger partial charge >= 0.3 is 0 Å². The number of nitrogens with one attached hydrogen (secondary N) is 1. The first-order valence-electron chi connectivity index (χ1n) is 8.50. The van der Waals surface area contributed by atoms with Crippen LogP contribution in [0, 0.1) is 0 Å². The first-order valence-corrected chi connectivity index (χ1v) is 8.50. The second-order valence-electron chi connectivity index (χ2n) is 5.75. The lowest BCUT2D eigenvalue weighted by Gasteiger charge is -2.08. The van der Waals surface area contributed by atoms with Gasteiger partial charge in [0, 0.05) is 30.7 Å². The third kappa shape index (κ3) is 3.98. The molecule has 3 aromatic rings. The SMILES string of the molecule is CCCC/C=C/c1cnn2c(NCCc3cccnc3)ccnc12. The number of hydrogen-bond acceptors (Lipinski definition) is 4. The fourth-order valence-corrected chi connectivity index (χ4v) is 2.57. The van der Waals surface area contributed by atoms with Crippen molar-refractivity contribution in [1.29, 1.82) is 0 Å². The number of unbranched alkanes of at least 4 members (excludes halogenated alkanes) is 2. The van der Waals surface area contributed by atoms with E-state index in [-0.39, 0.29) is 0 Å². The molecule has 3 rings (SSSR count). The van der Waals surface area contributed by atoms with Crippen LogP contribution in [0.5, 0.6) is 0 Å². The Hall–Kier alpha value is -2.69. The number of aromatic nitrogens is 4. The molecule has 0 aromatic carbocycles. The van der Waals surface area contributed by atoms with Gasteiger partial charge in [0.25, 0.3) is 0 Å². The predicted octanol–water partition coefficient (Wildman–Crippen LogP) is 3.98. The zero-order valence-corrected chi connectivity index (χ0v) is 14.0. The Morgan fingerprint density at radius 2 is 2.17 bits per heavy atom. The summed E-state index contributed by atoms with van der Waals surface area (Å²) < 4.78 is 1.86. The molecule has 0 atom stereocenters. The van der Waals surface area contributed by atoms with E-state index < -0.39 is 0 Å². The number of nitrogens with zero attached hydrogens (tertiary/aromatic N) is 4. The van der Waals surface area contributed by atoms with Crippen LogP contribution in [0.1, 0.15) is 37.3 Å². The van der Waals surface area contributed by atoms with Crippen molar-refractivity contribution in [2.24, 2.45) is 0 Å². The van der Waals surface area contributed by atoms with Gasteiger partial charge in [-0.1, -0.05) is 38.0 Å². The van der Waals surface area contributed by atoms with Crippen molar-refractivity contribution >= 4 is 17.5 Å². The summed E-state index contributed by atoms with van der Waals surface area (Å²) in [5, 5.41) is 7.91. The molecular weight excluding hydrogens is 298 g/mol. The lowest BCUT2D eigenvalue weighted by Crippen LogP contribution is -2.09. The zero-order valence-electron chi connectivity index (χ0n) is 14.0. The van der Waals surface area contributed by atoms with Crippen LogP contribution in [0.3, 0.4) is 0 Å². The molecule has 124 valence electrons. The van der Waals surface area contributed by atoms with Crippen LogP contribution in [0.25, 0.3) is 11.7 Å². The van der Waals surface area contributed by atoms with Crippen LogP contribution in [-0.2, 0) is 6.42 Å². The van der Waals surface area contributed by atoms with Gasteiger partial charge in [0.2, 0.25) is 0 Å². The van der Waals surface area contributed by atoms with Crippen molar-refractivity contribution in [3.63, 3.8) is 0 Å². The third-order valence-electron chi connectivity index (χ3n) is 3.89. The normalized spacial score (nSPS) is 11.4. The minimum Gasteiger partial charge on any atom is -0.370 e. The first-order chi connectivity index (χ1) is 11.9. The molecule has 0 saturated heterocycles. The maximum Gasteiger partial charge on any atom is 0.164 e. The molecule has 3 aromatic heterocycles. The highest BCUT2D eigenvalue weighted by Gasteiger charge is 2.06. The molecule has 0 radical (unpaired) electrons. The standard InChI is InChI=1S/C19H23N5/c1-2-3-4-5-8-17-15-23-24-18(10-13-22-19(17)24)21-12-9-16-7-6-11-20-14-16/h5-8,10-11,13-15,21H,2-4,9,12H2,1H3/b8-5+. The summed E-state index contributed by atoms with van der Waals surface area (Å²) in [5.41, 5.74) is 3.16. The van der Waals surface area contributed by atoms with Gasteiger partial charge in [0.1, 0.15) is 5.82 Å². The Labute approximate surface area is 142 Å². The molecule has 1 N–H and O–H groups in total. The molecule has 5 nitrogen and oxygen atoms in total. The lowest BCUT2D eigenvalue weighted by molar-refractivity contribution is 0.816. The third-order valence-corrected chi connectivity index (χ3v) is 3.89. The number of fused-ring (bicyclic) bond motifs is 1. The molecular formula is C19H23N5. The molecule has 5 heteroatoms. The summed E-state index contributed by atoms with van der Waals surface area (Å²) in [6.07, 6.45) is 16.1. The average molecular weight is 321 g/mol. The van der Waals surface area contributed by atoms with E-state index in [9.17, 15) is 0 Å². The zero-order chi connectivity index (χ0) is 16.6. The number of hydrogen-bond donors (Lipinski definition) is 1. The Bertz CT molecular complexity index is 792. The monoisotopic (exact) mass is 321 g/mol. The topological polar surface area (TPSA) is 55.1 Å². The van der Waals surface area contributed by atoms with Crippen LogP contribution in [0.4, 0.5) is 5.82 Å². The van der Waals surface area contributed by atoms with Gasteiger partial charge in [-0.05, 0) is 30.5 Å². The summed E-state index contributed by atoms with van der Waals surface area (Å²) in [6.45, 7) is 3.03. The molecule has 24 heavy (non-hydrogen) atoms. The number of rotatable bonds is 8. The van der Waals surface area contributed by atoms with Crippen molar-refractivity contribution in [3.05, 3.63) is 60.2 Å². The van der Waals surface area contributed by atoms with Gasteiger partial charge in [-0.3, -0.25) is 4.98 Å². The fraction of sp³-hybridized carbons (Fsp3) is 0.316. The van der Waals surface area contributed by atoms with Crippen molar-refractivity contribution < 1.29 is 0 Å². The van der Waals surface area contributed by atoms with E-state index in [0.29, 0.717) is 0 Å². The van der Waals surface area contributed by atoms with Gasteiger partial charge in [-0.15, -0.1) is 0 Å². The molecule has 0 aliphatic rings. The second kappa shape index (κ2) is 8.24.